The van der Waals surface area contributed by atoms with Crippen molar-refractivity contribution in [2.24, 2.45) is 5.10 Å². The van der Waals surface area contributed by atoms with Crippen molar-refractivity contribution in [3.8, 4) is 5.75 Å². The lowest BCUT2D eigenvalue weighted by atomic mass is 10.0. The number of ether oxygens (including phenoxy) is 1. The average molecular weight is 417 g/mol. The number of benzene rings is 2. The minimum Gasteiger partial charge on any atom is -0.497 e. The van der Waals surface area contributed by atoms with Gasteiger partial charge < -0.3 is 14.5 Å². The number of rotatable bonds is 7. The molecule has 0 spiro atoms. The van der Waals surface area contributed by atoms with E-state index in [0.29, 0.717) is 23.4 Å². The molecule has 7 heteroatoms. The van der Waals surface area contributed by atoms with Crippen molar-refractivity contribution in [3.05, 3.63) is 83.8 Å². The van der Waals surface area contributed by atoms with Gasteiger partial charge in [0.15, 0.2) is 5.78 Å². The number of amides is 1. The van der Waals surface area contributed by atoms with Gasteiger partial charge in [0, 0.05) is 17.7 Å². The van der Waals surface area contributed by atoms with Crippen LogP contribution in [0.1, 0.15) is 41.1 Å². The van der Waals surface area contributed by atoms with Crippen LogP contribution < -0.4 is 10.1 Å². The maximum Gasteiger partial charge on any atom is 0.262 e. The number of hydrazone groups is 1. The summed E-state index contributed by atoms with van der Waals surface area (Å²) < 4.78 is 10.8. The molecule has 0 unspecified atom stereocenters. The number of carbonyl (C=O) groups excluding carboxylic acids is 2. The molecular formula is C24H23N3O4. The predicted octanol–water partition coefficient (Wildman–Crippen LogP) is 4.28. The number of anilines is 1. The van der Waals surface area contributed by atoms with Crippen LogP contribution >= 0.6 is 0 Å². The molecule has 0 bridgehead atoms. The third kappa shape index (κ3) is 4.50. The molecule has 0 fully saturated rings. The predicted molar refractivity (Wildman–Crippen MR) is 117 cm³/mol. The van der Waals surface area contributed by atoms with Gasteiger partial charge in [0.25, 0.3) is 5.91 Å². The standard InChI is InChI=1S/C24H23N3O4/c1-16(28)18-5-3-6-19(13-18)25-15-24(29)27-22(23-7-4-12-31-23)14-21(26-27)17-8-10-20(30-2)11-9-17/h3-13,22,25H,14-15H2,1-2H3/t22-/m1/s1. The Hall–Kier alpha value is -3.87. The lowest BCUT2D eigenvalue weighted by Crippen LogP contribution is -2.32. The molecule has 0 saturated heterocycles. The lowest BCUT2D eigenvalue weighted by molar-refractivity contribution is -0.131. The van der Waals surface area contributed by atoms with Gasteiger partial charge in [-0.3, -0.25) is 9.59 Å². The molecule has 1 aliphatic rings. The summed E-state index contributed by atoms with van der Waals surface area (Å²) in [6.07, 6.45) is 2.14. The van der Waals surface area contributed by atoms with Gasteiger partial charge in [-0.1, -0.05) is 12.1 Å². The third-order valence-electron chi connectivity index (χ3n) is 5.17. The van der Waals surface area contributed by atoms with Crippen molar-refractivity contribution >= 4 is 23.1 Å². The third-order valence-corrected chi connectivity index (χ3v) is 5.17. The van der Waals surface area contributed by atoms with E-state index in [1.165, 1.54) is 11.9 Å². The fourth-order valence-electron chi connectivity index (χ4n) is 3.51. The van der Waals surface area contributed by atoms with Crippen molar-refractivity contribution in [3.63, 3.8) is 0 Å². The molecule has 0 radical (unpaired) electrons. The first kappa shape index (κ1) is 20.4. The molecule has 158 valence electrons. The number of methoxy groups -OCH3 is 1. The second-order valence-corrected chi connectivity index (χ2v) is 7.24. The van der Waals surface area contributed by atoms with Crippen LogP contribution in [-0.2, 0) is 4.79 Å². The number of hydrogen-bond acceptors (Lipinski definition) is 6. The van der Waals surface area contributed by atoms with E-state index < -0.39 is 0 Å². The minimum absolute atomic E-state index is 0.0267. The maximum atomic E-state index is 13.0. The van der Waals surface area contributed by atoms with E-state index in [1.54, 1.807) is 37.6 Å². The smallest absolute Gasteiger partial charge is 0.262 e. The van der Waals surface area contributed by atoms with E-state index in [9.17, 15) is 9.59 Å². The van der Waals surface area contributed by atoms with E-state index in [-0.39, 0.29) is 24.3 Å². The Morgan fingerprint density at radius 1 is 1.16 bits per heavy atom. The van der Waals surface area contributed by atoms with Crippen molar-refractivity contribution < 1.29 is 18.7 Å². The number of nitrogens with zero attached hydrogens (tertiary/aromatic N) is 2. The van der Waals surface area contributed by atoms with Crippen molar-refractivity contribution in [2.75, 3.05) is 19.0 Å². The number of Topliss-reactive ketones (excluding diaryl/α,β-unsaturated/α-hetero) is 1. The van der Waals surface area contributed by atoms with E-state index in [4.69, 9.17) is 9.15 Å². The molecule has 0 aliphatic carbocycles. The molecule has 1 N–H and O–H groups in total. The van der Waals surface area contributed by atoms with Gasteiger partial charge >= 0.3 is 0 Å². The summed E-state index contributed by atoms with van der Waals surface area (Å²) in [5.74, 6) is 1.22. The fraction of sp³-hybridized carbons (Fsp3) is 0.208. The van der Waals surface area contributed by atoms with Crippen LogP contribution in [0.2, 0.25) is 0 Å². The van der Waals surface area contributed by atoms with Crippen LogP contribution in [0.5, 0.6) is 5.75 Å². The van der Waals surface area contributed by atoms with Crippen molar-refractivity contribution in [1.29, 1.82) is 0 Å². The Morgan fingerprint density at radius 2 is 1.97 bits per heavy atom. The Kier molecular flexibility index (Phi) is 5.84. The SMILES string of the molecule is COc1ccc(C2=NN(C(=O)CNc3cccc(C(C)=O)c3)[C@@H](c3ccco3)C2)cc1. The Morgan fingerprint density at radius 3 is 2.65 bits per heavy atom. The van der Waals surface area contributed by atoms with Crippen LogP contribution in [0.15, 0.2) is 76.4 Å². The zero-order chi connectivity index (χ0) is 21.8. The molecule has 2 heterocycles. The first-order valence-electron chi connectivity index (χ1n) is 9.97. The molecule has 3 aromatic rings. The summed E-state index contributed by atoms with van der Waals surface area (Å²) in [4.78, 5) is 24.6. The van der Waals surface area contributed by atoms with Crippen LogP contribution in [0.4, 0.5) is 5.69 Å². The number of ketones is 1. The van der Waals surface area contributed by atoms with Gasteiger partial charge in [-0.2, -0.15) is 5.10 Å². The van der Waals surface area contributed by atoms with Crippen LogP contribution in [-0.4, -0.2) is 36.1 Å². The molecule has 7 nitrogen and oxygen atoms in total. The summed E-state index contributed by atoms with van der Waals surface area (Å²) in [6, 6.07) is 18.0. The topological polar surface area (TPSA) is 84.1 Å². The maximum absolute atomic E-state index is 13.0. The van der Waals surface area contributed by atoms with Gasteiger partial charge in [-0.05, 0) is 61.0 Å². The van der Waals surface area contributed by atoms with E-state index in [0.717, 1.165) is 17.0 Å². The van der Waals surface area contributed by atoms with Crippen molar-refractivity contribution in [2.45, 2.75) is 19.4 Å². The van der Waals surface area contributed by atoms with Crippen LogP contribution in [0.25, 0.3) is 0 Å². The summed E-state index contributed by atoms with van der Waals surface area (Å²) >= 11 is 0. The van der Waals surface area contributed by atoms with Gasteiger partial charge in [-0.15, -0.1) is 0 Å². The Balaban J connectivity index is 1.53. The van der Waals surface area contributed by atoms with Crippen LogP contribution in [0.3, 0.4) is 0 Å². The highest BCUT2D eigenvalue weighted by atomic mass is 16.5. The summed E-state index contributed by atoms with van der Waals surface area (Å²) in [5, 5.41) is 9.18. The molecule has 1 aromatic heterocycles. The molecule has 2 aromatic carbocycles. The normalized spacial score (nSPS) is 15.5. The minimum atomic E-state index is -0.315. The largest absolute Gasteiger partial charge is 0.497 e. The Labute approximate surface area is 180 Å². The second-order valence-electron chi connectivity index (χ2n) is 7.24. The number of furan rings is 1. The molecule has 0 saturated carbocycles. The highest BCUT2D eigenvalue weighted by molar-refractivity contribution is 6.03. The van der Waals surface area contributed by atoms with Gasteiger partial charge in [0.2, 0.25) is 0 Å². The molecule has 4 rings (SSSR count). The quantitative estimate of drug-likeness (QED) is 0.580. The van der Waals surface area contributed by atoms with Crippen molar-refractivity contribution in [1.82, 2.24) is 5.01 Å². The van der Waals surface area contributed by atoms with E-state index in [2.05, 4.69) is 10.4 Å². The van der Waals surface area contributed by atoms with Gasteiger partial charge in [0.05, 0.1) is 25.6 Å². The fourth-order valence-corrected chi connectivity index (χ4v) is 3.51. The zero-order valence-electron chi connectivity index (χ0n) is 17.4. The Bertz CT molecular complexity index is 1100. The van der Waals surface area contributed by atoms with Gasteiger partial charge in [0.1, 0.15) is 17.6 Å². The van der Waals surface area contributed by atoms with E-state index >= 15 is 0 Å². The van der Waals surface area contributed by atoms with Crippen LogP contribution in [0, 0.1) is 0 Å². The average Bonchev–Trinajstić information content (AvgIpc) is 3.48. The summed E-state index contributed by atoms with van der Waals surface area (Å²) in [5.41, 5.74) is 3.02. The summed E-state index contributed by atoms with van der Waals surface area (Å²) in [6.45, 7) is 1.55. The molecule has 1 aliphatic heterocycles. The molecule has 1 amide bonds. The molecule has 31 heavy (non-hydrogen) atoms. The van der Waals surface area contributed by atoms with E-state index in [1.807, 2.05) is 36.4 Å². The highest BCUT2D eigenvalue weighted by Crippen LogP contribution is 2.33. The first-order chi connectivity index (χ1) is 15.0. The number of carbonyl (C=O) groups is 2. The number of nitrogens with one attached hydrogen (secondary N) is 1. The lowest BCUT2D eigenvalue weighted by Gasteiger charge is -2.20. The molecule has 1 atom stereocenters. The molecular weight excluding hydrogens is 394 g/mol. The number of hydrogen-bond donors (Lipinski definition) is 1. The zero-order valence-corrected chi connectivity index (χ0v) is 17.4. The summed E-state index contributed by atoms with van der Waals surface area (Å²) in [7, 11) is 1.62. The monoisotopic (exact) mass is 417 g/mol. The van der Waals surface area contributed by atoms with Gasteiger partial charge in [-0.25, -0.2) is 5.01 Å². The second kappa shape index (κ2) is 8.87. The first-order valence-corrected chi connectivity index (χ1v) is 9.97. The highest BCUT2D eigenvalue weighted by Gasteiger charge is 2.34.